The standard InChI is InChI=1S/C42H50N16O2S3/c1-26-12-36(51-38-40-45-20-34(30-18-47-54(3)22-30)57(40)25-33(49-38)15-29-7-9-44-17-29)61-42(26)63(59,60)55(4)10-11-56-23-31(19-48-56)35-21-46-41-39(52-37-13-27(2)53-62-37)50-32(24-58(35)41)14-28-6-5-8-43-16-28/h12-13,18-25,28-29,43-44H,5-11,14-17H2,1-4H3,(H,49,51)(H,50,52). The number of sulfonamides is 1. The van der Waals surface area contributed by atoms with E-state index < -0.39 is 10.0 Å². The lowest BCUT2D eigenvalue weighted by Crippen LogP contribution is -2.31. The van der Waals surface area contributed by atoms with Crippen LogP contribution in [0.2, 0.25) is 0 Å². The summed E-state index contributed by atoms with van der Waals surface area (Å²) in [5.74, 6) is 2.24. The molecular weight excluding hydrogens is 857 g/mol. The lowest BCUT2D eigenvalue weighted by atomic mass is 9.95. The van der Waals surface area contributed by atoms with Crippen LogP contribution in [0, 0.1) is 25.7 Å². The highest BCUT2D eigenvalue weighted by molar-refractivity contribution is 7.91. The normalized spacial score (nSPS) is 17.2. The zero-order valence-electron chi connectivity index (χ0n) is 35.6. The van der Waals surface area contributed by atoms with Gasteiger partial charge in [0.05, 0.1) is 64.8 Å². The number of imidazole rings is 2. The highest BCUT2D eigenvalue weighted by atomic mass is 32.2. The van der Waals surface area contributed by atoms with Crippen molar-refractivity contribution in [1.82, 2.24) is 67.6 Å². The summed E-state index contributed by atoms with van der Waals surface area (Å²) in [6.45, 7) is 8.35. The van der Waals surface area contributed by atoms with Gasteiger partial charge in [-0.15, -0.1) is 11.3 Å². The maximum atomic E-state index is 14.1. The summed E-state index contributed by atoms with van der Waals surface area (Å²) in [4.78, 5) is 19.6. The van der Waals surface area contributed by atoms with Crippen molar-refractivity contribution in [2.45, 2.75) is 56.7 Å². The van der Waals surface area contributed by atoms with Crippen molar-refractivity contribution in [2.75, 3.05) is 50.4 Å². The molecule has 2 saturated heterocycles. The number of aryl methyl sites for hydroxylation is 3. The van der Waals surface area contributed by atoms with E-state index in [4.69, 9.17) is 19.9 Å². The second kappa shape index (κ2) is 17.2. The average Bonchev–Trinajstić information content (AvgIpc) is 4.12. The number of hydrogen-bond acceptors (Lipinski definition) is 15. The Balaban J connectivity index is 0.862. The predicted octanol–water partition coefficient (Wildman–Crippen LogP) is 5.67. The first kappa shape index (κ1) is 41.4. The van der Waals surface area contributed by atoms with Gasteiger partial charge in [-0.3, -0.25) is 18.2 Å². The highest BCUT2D eigenvalue weighted by Crippen LogP contribution is 2.36. The van der Waals surface area contributed by atoms with Gasteiger partial charge < -0.3 is 21.3 Å². The Bertz CT molecular complexity index is 3020. The molecule has 0 amide bonds. The van der Waals surface area contributed by atoms with E-state index in [-0.39, 0.29) is 10.8 Å². The molecule has 10 rings (SSSR count). The topological polar surface area (TPSA) is 194 Å². The van der Waals surface area contributed by atoms with Gasteiger partial charge in [0.25, 0.3) is 10.0 Å². The minimum atomic E-state index is -3.84. The molecule has 0 spiro atoms. The van der Waals surface area contributed by atoms with Crippen LogP contribution in [-0.4, -0.2) is 105 Å². The van der Waals surface area contributed by atoms with Crippen molar-refractivity contribution in [1.29, 1.82) is 0 Å². The van der Waals surface area contributed by atoms with Gasteiger partial charge in [-0.25, -0.2) is 28.4 Å². The van der Waals surface area contributed by atoms with E-state index in [0.717, 1.165) is 103 Å². The molecule has 4 N–H and O–H groups in total. The minimum Gasteiger partial charge on any atom is -0.329 e. The summed E-state index contributed by atoms with van der Waals surface area (Å²) < 4.78 is 42.1. The Morgan fingerprint density at radius 2 is 1.46 bits per heavy atom. The van der Waals surface area contributed by atoms with Gasteiger partial charge in [0.15, 0.2) is 22.9 Å². The van der Waals surface area contributed by atoms with Crippen LogP contribution in [-0.2, 0) is 36.5 Å². The molecule has 63 heavy (non-hydrogen) atoms. The molecule has 2 atom stereocenters. The lowest BCUT2D eigenvalue weighted by molar-refractivity contribution is 0.373. The van der Waals surface area contributed by atoms with E-state index >= 15 is 0 Å². The third-order valence-electron chi connectivity index (χ3n) is 11.8. The lowest BCUT2D eigenvalue weighted by Gasteiger charge is -2.22. The van der Waals surface area contributed by atoms with Crippen molar-refractivity contribution in [3.05, 3.63) is 84.4 Å². The number of anilines is 4. The Labute approximate surface area is 373 Å². The highest BCUT2D eigenvalue weighted by Gasteiger charge is 2.27. The Morgan fingerprint density at radius 1 is 0.810 bits per heavy atom. The molecule has 2 aliphatic heterocycles. The van der Waals surface area contributed by atoms with Gasteiger partial charge in [0.2, 0.25) is 0 Å². The minimum absolute atomic E-state index is 0.216. The first-order chi connectivity index (χ1) is 30.5. The maximum Gasteiger partial charge on any atom is 0.252 e. The number of likely N-dealkylation sites (N-methyl/N-ethyl adjacent to an activating group) is 1. The summed E-state index contributed by atoms with van der Waals surface area (Å²) in [5, 5.41) is 24.5. The number of rotatable bonds is 15. The number of thiophene rings is 1. The van der Waals surface area contributed by atoms with Gasteiger partial charge in [-0.2, -0.15) is 18.9 Å². The SMILES string of the molecule is Cc1cc(Nc2nc(CC3CCCNC3)cn3c(-c4cnn(CCN(C)S(=O)(=O)c5sc(Nc6nc(CC7CCNC7)cn7c(-c8cnn(C)c8)cnc67)cc5C)c4)cnc23)sn1. The Kier molecular flexibility index (Phi) is 11.3. The molecule has 8 aromatic heterocycles. The van der Waals surface area contributed by atoms with E-state index in [9.17, 15) is 8.42 Å². The molecule has 0 radical (unpaired) electrons. The van der Waals surface area contributed by atoms with Crippen LogP contribution in [0.1, 0.15) is 41.9 Å². The van der Waals surface area contributed by atoms with Crippen LogP contribution in [0.15, 0.2) is 65.9 Å². The Hall–Kier alpha value is -5.58. The summed E-state index contributed by atoms with van der Waals surface area (Å²) in [6.07, 6.45) is 20.4. The molecule has 328 valence electrons. The molecule has 10 heterocycles. The van der Waals surface area contributed by atoms with Crippen LogP contribution in [0.3, 0.4) is 0 Å². The summed E-state index contributed by atoms with van der Waals surface area (Å²) in [6, 6.07) is 3.87. The summed E-state index contributed by atoms with van der Waals surface area (Å²) >= 11 is 2.59. The van der Waals surface area contributed by atoms with Gasteiger partial charge in [-0.1, -0.05) is 0 Å². The Morgan fingerprint density at radius 3 is 2.08 bits per heavy atom. The molecular formula is C42H50N16O2S3. The zero-order chi connectivity index (χ0) is 43.2. The number of piperidine rings is 1. The zero-order valence-corrected chi connectivity index (χ0v) is 38.1. The number of fused-ring (bicyclic) bond motifs is 2. The largest absolute Gasteiger partial charge is 0.329 e. The number of hydrogen-bond donors (Lipinski definition) is 4. The molecule has 2 fully saturated rings. The maximum absolute atomic E-state index is 14.1. The smallest absolute Gasteiger partial charge is 0.252 e. The van der Waals surface area contributed by atoms with Crippen LogP contribution in [0.5, 0.6) is 0 Å². The van der Waals surface area contributed by atoms with E-state index in [1.54, 1.807) is 22.6 Å². The van der Waals surface area contributed by atoms with Crippen molar-refractivity contribution in [3.63, 3.8) is 0 Å². The van der Waals surface area contributed by atoms with Crippen molar-refractivity contribution < 1.29 is 8.42 Å². The van der Waals surface area contributed by atoms with Crippen molar-refractivity contribution >= 4 is 65.8 Å². The fraction of sp³-hybridized carbons (Fsp3) is 0.405. The third kappa shape index (κ3) is 8.60. The van der Waals surface area contributed by atoms with E-state index in [1.807, 2.05) is 64.0 Å². The van der Waals surface area contributed by atoms with Crippen LogP contribution in [0.25, 0.3) is 33.8 Å². The molecule has 0 aliphatic carbocycles. The number of aromatic nitrogens is 11. The van der Waals surface area contributed by atoms with Gasteiger partial charge >= 0.3 is 0 Å². The number of nitrogens with zero attached hydrogens (tertiary/aromatic N) is 12. The monoisotopic (exact) mass is 906 g/mol. The third-order valence-corrected chi connectivity index (χ3v) is 16.3. The molecule has 0 bridgehead atoms. The van der Waals surface area contributed by atoms with Gasteiger partial charge in [0.1, 0.15) is 9.21 Å². The van der Waals surface area contributed by atoms with E-state index in [0.29, 0.717) is 51.9 Å². The number of nitrogens with one attached hydrogen (secondary N) is 4. The van der Waals surface area contributed by atoms with Crippen molar-refractivity contribution in [2.24, 2.45) is 18.9 Å². The predicted molar refractivity (Wildman–Crippen MR) is 246 cm³/mol. The molecule has 2 aliphatic rings. The van der Waals surface area contributed by atoms with Crippen LogP contribution < -0.4 is 21.3 Å². The quantitative estimate of drug-likeness (QED) is 0.0984. The van der Waals surface area contributed by atoms with Crippen LogP contribution >= 0.6 is 22.9 Å². The first-order valence-electron chi connectivity index (χ1n) is 21.3. The second-order valence-electron chi connectivity index (χ2n) is 16.7. The van der Waals surface area contributed by atoms with Crippen LogP contribution in [0.4, 0.5) is 21.6 Å². The van der Waals surface area contributed by atoms with E-state index in [2.05, 4.69) is 57.0 Å². The molecule has 8 aromatic rings. The van der Waals surface area contributed by atoms with Gasteiger partial charge in [0, 0.05) is 56.6 Å². The summed E-state index contributed by atoms with van der Waals surface area (Å²) in [5.41, 5.74) is 8.45. The van der Waals surface area contributed by atoms with Gasteiger partial charge in [-0.05, 0) is 113 Å². The molecule has 0 saturated carbocycles. The average molecular weight is 907 g/mol. The van der Waals surface area contributed by atoms with E-state index in [1.165, 1.54) is 27.2 Å². The molecule has 2 unspecified atom stereocenters. The molecule has 21 heteroatoms. The molecule has 18 nitrogen and oxygen atoms in total. The second-order valence-corrected chi connectivity index (χ2v) is 20.8. The van der Waals surface area contributed by atoms with Crippen molar-refractivity contribution in [3.8, 4) is 22.5 Å². The fourth-order valence-electron chi connectivity index (χ4n) is 8.56. The first-order valence-corrected chi connectivity index (χ1v) is 24.3. The fourth-order valence-corrected chi connectivity index (χ4v) is 12.2. The molecule has 0 aromatic carbocycles. The summed E-state index contributed by atoms with van der Waals surface area (Å²) in [7, 11) is -0.336.